The molecular weight excluding hydrogens is 410 g/mol. The molecule has 0 unspecified atom stereocenters. The first-order valence-electron chi connectivity index (χ1n) is 11.7. The Balaban J connectivity index is 1.66. The van der Waals surface area contributed by atoms with Gasteiger partial charge < -0.3 is 5.73 Å². The zero-order valence-corrected chi connectivity index (χ0v) is 19.1. The monoisotopic (exact) mass is 435 g/mol. The minimum absolute atomic E-state index is 0.769. The quantitative estimate of drug-likeness (QED) is 0.217. The molecule has 2 N–H and O–H groups in total. The van der Waals surface area contributed by atoms with Crippen molar-refractivity contribution in [1.82, 2.24) is 0 Å². The molecule has 6 aromatic carbocycles. The van der Waals surface area contributed by atoms with Crippen molar-refractivity contribution in [3.63, 3.8) is 0 Å². The number of hydrogen-bond acceptors (Lipinski definition) is 1. The lowest BCUT2D eigenvalue weighted by molar-refractivity contribution is 1.51. The molecule has 0 saturated heterocycles. The van der Waals surface area contributed by atoms with Crippen LogP contribution in [0.2, 0.25) is 0 Å². The van der Waals surface area contributed by atoms with Crippen LogP contribution in [0, 0.1) is 0 Å². The molecule has 0 aliphatic rings. The third-order valence-electron chi connectivity index (χ3n) is 6.73. The lowest BCUT2D eigenvalue weighted by atomic mass is 9.85. The molecule has 0 aliphatic carbocycles. The maximum absolute atomic E-state index is 6.27. The van der Waals surface area contributed by atoms with Crippen LogP contribution in [0.25, 0.3) is 60.3 Å². The Morgan fingerprint density at radius 3 is 1.85 bits per heavy atom. The third kappa shape index (κ3) is 3.25. The number of hydrogen-bond donors (Lipinski definition) is 1. The molecular formula is C33H25N. The first-order chi connectivity index (χ1) is 16.7. The molecule has 1 nitrogen and oxygen atoms in total. The van der Waals surface area contributed by atoms with Crippen molar-refractivity contribution in [2.24, 2.45) is 5.73 Å². The van der Waals surface area contributed by atoms with Gasteiger partial charge in [-0.05, 0) is 79.2 Å². The van der Waals surface area contributed by atoms with Crippen LogP contribution in [0.15, 0.2) is 121 Å². The van der Waals surface area contributed by atoms with E-state index >= 15 is 0 Å². The second-order valence-electron chi connectivity index (χ2n) is 8.74. The van der Waals surface area contributed by atoms with Crippen LogP contribution in [0.4, 0.5) is 0 Å². The molecule has 0 aliphatic heterocycles. The molecule has 0 fully saturated rings. The molecule has 34 heavy (non-hydrogen) atoms. The predicted octanol–water partition coefficient (Wildman–Crippen LogP) is 8.79. The van der Waals surface area contributed by atoms with Crippen molar-refractivity contribution in [2.45, 2.75) is 6.92 Å². The molecule has 0 aromatic heterocycles. The highest BCUT2D eigenvalue weighted by atomic mass is 14.6. The van der Waals surface area contributed by atoms with E-state index in [9.17, 15) is 0 Å². The van der Waals surface area contributed by atoms with Crippen LogP contribution in [0.5, 0.6) is 0 Å². The maximum Gasteiger partial charge on any atom is 0.0387 e. The van der Waals surface area contributed by atoms with Crippen molar-refractivity contribution in [3.8, 4) is 22.3 Å². The number of nitrogens with two attached hydrogens (primary N) is 1. The summed E-state index contributed by atoms with van der Waals surface area (Å²) < 4.78 is 0. The van der Waals surface area contributed by atoms with Crippen molar-refractivity contribution in [1.29, 1.82) is 0 Å². The van der Waals surface area contributed by atoms with Crippen LogP contribution in [-0.2, 0) is 0 Å². The SMILES string of the molecule is C/C=C\C=C(/N)c1ccc(-c2cc(-c3ccccc3)c3ccc4cccc5ccc2c3c45)cc1. The maximum atomic E-state index is 6.27. The average molecular weight is 436 g/mol. The van der Waals surface area contributed by atoms with Gasteiger partial charge in [0.05, 0.1) is 0 Å². The summed E-state index contributed by atoms with van der Waals surface area (Å²) in [4.78, 5) is 0. The van der Waals surface area contributed by atoms with E-state index in [2.05, 4.69) is 103 Å². The molecule has 6 rings (SSSR count). The van der Waals surface area contributed by atoms with E-state index in [1.165, 1.54) is 54.6 Å². The fourth-order valence-electron chi connectivity index (χ4n) is 5.07. The lowest BCUT2D eigenvalue weighted by Crippen LogP contribution is -1.95. The summed E-state index contributed by atoms with van der Waals surface area (Å²) in [6, 6.07) is 37.3. The van der Waals surface area contributed by atoms with E-state index in [1.54, 1.807) is 0 Å². The van der Waals surface area contributed by atoms with Gasteiger partial charge in [0.15, 0.2) is 0 Å². The first-order valence-corrected chi connectivity index (χ1v) is 11.7. The summed E-state index contributed by atoms with van der Waals surface area (Å²) in [5.74, 6) is 0. The Hall–Kier alpha value is -4.36. The summed E-state index contributed by atoms with van der Waals surface area (Å²) >= 11 is 0. The predicted molar refractivity (Wildman–Crippen MR) is 148 cm³/mol. The van der Waals surface area contributed by atoms with Gasteiger partial charge in [0.2, 0.25) is 0 Å². The van der Waals surface area contributed by atoms with Gasteiger partial charge in [-0.3, -0.25) is 0 Å². The summed E-state index contributed by atoms with van der Waals surface area (Å²) in [7, 11) is 0. The fourth-order valence-corrected chi connectivity index (χ4v) is 5.07. The Bertz CT molecular complexity index is 1670. The van der Waals surface area contributed by atoms with Crippen molar-refractivity contribution < 1.29 is 0 Å². The topological polar surface area (TPSA) is 26.0 Å². The zero-order valence-electron chi connectivity index (χ0n) is 19.1. The Kier molecular flexibility index (Phi) is 4.89. The average Bonchev–Trinajstić information content (AvgIpc) is 2.90. The van der Waals surface area contributed by atoms with E-state index < -0.39 is 0 Å². The molecule has 162 valence electrons. The van der Waals surface area contributed by atoms with Crippen LogP contribution >= 0.6 is 0 Å². The molecule has 1 heteroatoms. The number of allylic oxidation sites excluding steroid dienone is 3. The van der Waals surface area contributed by atoms with Crippen LogP contribution < -0.4 is 5.73 Å². The third-order valence-corrected chi connectivity index (χ3v) is 6.73. The van der Waals surface area contributed by atoms with Crippen molar-refractivity contribution in [2.75, 3.05) is 0 Å². The van der Waals surface area contributed by atoms with Crippen LogP contribution in [0.1, 0.15) is 12.5 Å². The Morgan fingerprint density at radius 2 is 1.24 bits per heavy atom. The second-order valence-corrected chi connectivity index (χ2v) is 8.74. The Labute approximate surface area is 199 Å². The molecule has 0 bridgehead atoms. The molecule has 0 radical (unpaired) electrons. The molecule has 0 spiro atoms. The van der Waals surface area contributed by atoms with Gasteiger partial charge in [-0.25, -0.2) is 0 Å². The Morgan fingerprint density at radius 1 is 0.618 bits per heavy atom. The van der Waals surface area contributed by atoms with E-state index in [4.69, 9.17) is 5.73 Å². The highest BCUT2D eigenvalue weighted by molar-refractivity contribution is 6.28. The summed E-state index contributed by atoms with van der Waals surface area (Å²) in [6.07, 6.45) is 5.89. The highest BCUT2D eigenvalue weighted by Crippen LogP contribution is 2.43. The zero-order chi connectivity index (χ0) is 23.1. The molecule has 0 heterocycles. The second kappa shape index (κ2) is 8.20. The fraction of sp³-hybridized carbons (Fsp3) is 0.0303. The number of rotatable bonds is 4. The summed E-state index contributed by atoms with van der Waals surface area (Å²) in [6.45, 7) is 1.99. The standard InChI is InChI=1S/C33H25N/c1-2-3-12-31(34)24-15-13-23(14-16-24)30-21-29(22-8-5-4-6-9-22)27-19-17-25-10-7-11-26-18-20-28(30)33(27)32(25)26/h2-21H,34H2,1H3/b3-2-,31-12-. The minimum atomic E-state index is 0.769. The van der Waals surface area contributed by atoms with Gasteiger partial charge in [-0.2, -0.15) is 0 Å². The molecule has 0 amide bonds. The first kappa shape index (κ1) is 20.3. The van der Waals surface area contributed by atoms with E-state index in [0.717, 1.165) is 11.3 Å². The minimum Gasteiger partial charge on any atom is -0.398 e. The van der Waals surface area contributed by atoms with Gasteiger partial charge in [0.1, 0.15) is 0 Å². The molecule has 0 saturated carbocycles. The van der Waals surface area contributed by atoms with Gasteiger partial charge >= 0.3 is 0 Å². The van der Waals surface area contributed by atoms with Crippen LogP contribution in [0.3, 0.4) is 0 Å². The van der Waals surface area contributed by atoms with Crippen molar-refractivity contribution in [3.05, 3.63) is 127 Å². The largest absolute Gasteiger partial charge is 0.398 e. The normalized spacial score (nSPS) is 12.4. The van der Waals surface area contributed by atoms with Gasteiger partial charge in [0.25, 0.3) is 0 Å². The summed E-state index contributed by atoms with van der Waals surface area (Å²) in [5, 5.41) is 7.82. The van der Waals surface area contributed by atoms with E-state index in [1.807, 2.05) is 25.2 Å². The molecule has 0 atom stereocenters. The molecule has 6 aromatic rings. The van der Waals surface area contributed by atoms with Gasteiger partial charge in [-0.1, -0.05) is 109 Å². The van der Waals surface area contributed by atoms with Gasteiger partial charge in [0, 0.05) is 5.70 Å². The van der Waals surface area contributed by atoms with E-state index in [-0.39, 0.29) is 0 Å². The number of benzene rings is 6. The van der Waals surface area contributed by atoms with Crippen molar-refractivity contribution >= 4 is 38.0 Å². The highest BCUT2D eigenvalue weighted by Gasteiger charge is 2.16. The van der Waals surface area contributed by atoms with Gasteiger partial charge in [-0.15, -0.1) is 0 Å². The summed E-state index contributed by atoms with van der Waals surface area (Å²) in [5.41, 5.74) is 13.0. The van der Waals surface area contributed by atoms with Crippen LogP contribution in [-0.4, -0.2) is 0 Å². The van der Waals surface area contributed by atoms with E-state index in [0.29, 0.717) is 0 Å². The lowest BCUT2D eigenvalue weighted by Gasteiger charge is -2.18. The smallest absolute Gasteiger partial charge is 0.0387 e.